The molecule has 0 radical (unpaired) electrons. The van der Waals surface area contributed by atoms with Gasteiger partial charge in [0, 0.05) is 51.5 Å². The van der Waals surface area contributed by atoms with Crippen LogP contribution in [0.4, 0.5) is 0 Å². The van der Waals surface area contributed by atoms with E-state index < -0.39 is 0 Å². The SMILES string of the molecule is COCCN(CC1(CNC(C)(C)C)CCOCC1)C(C)C. The summed E-state index contributed by atoms with van der Waals surface area (Å²) < 4.78 is 10.9. The van der Waals surface area contributed by atoms with Crippen LogP contribution >= 0.6 is 0 Å². The van der Waals surface area contributed by atoms with Crippen LogP contribution in [0.2, 0.25) is 0 Å². The third-order valence-electron chi connectivity index (χ3n) is 4.40. The predicted octanol–water partition coefficient (Wildman–Crippen LogP) is 2.53. The van der Waals surface area contributed by atoms with E-state index >= 15 is 0 Å². The number of ether oxygens (including phenoxy) is 2. The maximum Gasteiger partial charge on any atom is 0.0589 e. The molecule has 0 bridgehead atoms. The quantitative estimate of drug-likeness (QED) is 0.747. The maximum absolute atomic E-state index is 5.61. The normalized spacial score (nSPS) is 19.4. The third-order valence-corrected chi connectivity index (χ3v) is 4.40. The highest BCUT2D eigenvalue weighted by atomic mass is 16.5. The second-order valence-corrected chi connectivity index (χ2v) is 7.77. The van der Waals surface area contributed by atoms with Crippen LogP contribution in [-0.4, -0.2) is 63.0 Å². The summed E-state index contributed by atoms with van der Waals surface area (Å²) in [5.74, 6) is 0. The van der Waals surface area contributed by atoms with Gasteiger partial charge in [-0.1, -0.05) is 0 Å². The summed E-state index contributed by atoms with van der Waals surface area (Å²) in [6.45, 7) is 17.1. The van der Waals surface area contributed by atoms with E-state index in [0.717, 1.165) is 52.3 Å². The van der Waals surface area contributed by atoms with Crippen molar-refractivity contribution in [3.8, 4) is 0 Å². The van der Waals surface area contributed by atoms with Crippen LogP contribution in [-0.2, 0) is 9.47 Å². The van der Waals surface area contributed by atoms with Crippen molar-refractivity contribution in [3.63, 3.8) is 0 Å². The number of rotatable bonds is 8. The van der Waals surface area contributed by atoms with E-state index in [0.29, 0.717) is 11.5 Å². The van der Waals surface area contributed by atoms with Crippen LogP contribution < -0.4 is 5.32 Å². The summed E-state index contributed by atoms with van der Waals surface area (Å²) in [5, 5.41) is 3.72. The predicted molar refractivity (Wildman–Crippen MR) is 88.8 cm³/mol. The number of methoxy groups -OCH3 is 1. The van der Waals surface area contributed by atoms with E-state index in [4.69, 9.17) is 9.47 Å². The Bertz CT molecular complexity index is 281. The summed E-state index contributed by atoms with van der Waals surface area (Å²) in [6, 6.07) is 0.550. The number of hydrogen-bond donors (Lipinski definition) is 1. The molecule has 126 valence electrons. The molecule has 0 saturated carbocycles. The standard InChI is InChI=1S/C17H36N2O2/c1-15(2)19(9-12-20-6)14-17(7-10-21-11-8-17)13-18-16(3,4)5/h15,18H,7-14H2,1-6H3. The van der Waals surface area contributed by atoms with Crippen LogP contribution in [0.15, 0.2) is 0 Å². The van der Waals surface area contributed by atoms with Crippen LogP contribution in [0, 0.1) is 5.41 Å². The van der Waals surface area contributed by atoms with Crippen LogP contribution in [0.5, 0.6) is 0 Å². The lowest BCUT2D eigenvalue weighted by Gasteiger charge is -2.44. The van der Waals surface area contributed by atoms with Gasteiger partial charge in [-0.25, -0.2) is 0 Å². The van der Waals surface area contributed by atoms with Gasteiger partial charge in [0.2, 0.25) is 0 Å². The second-order valence-electron chi connectivity index (χ2n) is 7.77. The minimum atomic E-state index is 0.167. The zero-order valence-electron chi connectivity index (χ0n) is 15.0. The number of nitrogens with zero attached hydrogens (tertiary/aromatic N) is 1. The van der Waals surface area contributed by atoms with Crippen LogP contribution in [0.1, 0.15) is 47.5 Å². The number of nitrogens with one attached hydrogen (secondary N) is 1. The van der Waals surface area contributed by atoms with Crippen LogP contribution in [0.3, 0.4) is 0 Å². The van der Waals surface area contributed by atoms with E-state index in [1.807, 2.05) is 0 Å². The first kappa shape index (κ1) is 18.9. The molecular formula is C17H36N2O2. The topological polar surface area (TPSA) is 33.7 Å². The van der Waals surface area contributed by atoms with Gasteiger partial charge >= 0.3 is 0 Å². The lowest BCUT2D eigenvalue weighted by molar-refractivity contribution is -0.0159. The van der Waals surface area contributed by atoms with Gasteiger partial charge in [0.15, 0.2) is 0 Å². The molecule has 1 rings (SSSR count). The van der Waals surface area contributed by atoms with Crippen molar-refractivity contribution in [1.29, 1.82) is 0 Å². The van der Waals surface area contributed by atoms with Gasteiger partial charge in [0.05, 0.1) is 6.61 Å². The van der Waals surface area contributed by atoms with E-state index in [1.165, 1.54) is 0 Å². The highest BCUT2D eigenvalue weighted by Gasteiger charge is 2.35. The Kier molecular flexibility index (Phi) is 7.62. The molecule has 0 amide bonds. The van der Waals surface area contributed by atoms with Gasteiger partial charge in [-0.3, -0.25) is 4.90 Å². The summed E-state index contributed by atoms with van der Waals surface area (Å²) in [4.78, 5) is 2.55. The van der Waals surface area contributed by atoms with Crippen molar-refractivity contribution >= 4 is 0 Å². The van der Waals surface area contributed by atoms with E-state index in [-0.39, 0.29) is 5.54 Å². The lowest BCUT2D eigenvalue weighted by Crippen LogP contribution is -2.52. The van der Waals surface area contributed by atoms with Crippen molar-refractivity contribution in [3.05, 3.63) is 0 Å². The van der Waals surface area contributed by atoms with E-state index in [1.54, 1.807) is 7.11 Å². The Balaban J connectivity index is 2.70. The molecule has 0 aromatic rings. The highest BCUT2D eigenvalue weighted by molar-refractivity contribution is 4.90. The largest absolute Gasteiger partial charge is 0.383 e. The average molecular weight is 300 g/mol. The first-order chi connectivity index (χ1) is 9.78. The average Bonchev–Trinajstić information content (AvgIpc) is 2.41. The van der Waals surface area contributed by atoms with E-state index in [2.05, 4.69) is 44.8 Å². The van der Waals surface area contributed by atoms with Crippen molar-refractivity contribution in [2.24, 2.45) is 5.41 Å². The molecule has 4 nitrogen and oxygen atoms in total. The highest BCUT2D eigenvalue weighted by Crippen LogP contribution is 2.32. The first-order valence-electron chi connectivity index (χ1n) is 8.34. The molecule has 1 saturated heterocycles. The second kappa shape index (κ2) is 8.47. The maximum atomic E-state index is 5.61. The molecule has 0 spiro atoms. The molecule has 1 fully saturated rings. The fourth-order valence-electron chi connectivity index (χ4n) is 2.81. The summed E-state index contributed by atoms with van der Waals surface area (Å²) in [7, 11) is 1.78. The molecule has 1 N–H and O–H groups in total. The fraction of sp³-hybridized carbons (Fsp3) is 1.00. The van der Waals surface area contributed by atoms with Crippen molar-refractivity contribution in [1.82, 2.24) is 10.2 Å². The molecule has 0 atom stereocenters. The smallest absolute Gasteiger partial charge is 0.0589 e. The first-order valence-corrected chi connectivity index (χ1v) is 8.34. The van der Waals surface area contributed by atoms with Gasteiger partial charge in [-0.15, -0.1) is 0 Å². The van der Waals surface area contributed by atoms with Gasteiger partial charge in [0.1, 0.15) is 0 Å². The van der Waals surface area contributed by atoms with Gasteiger partial charge < -0.3 is 14.8 Å². The molecule has 0 unspecified atom stereocenters. The van der Waals surface area contributed by atoms with Crippen molar-refractivity contribution in [2.75, 3.05) is 46.6 Å². The summed E-state index contributed by atoms with van der Waals surface area (Å²) in [5.41, 5.74) is 0.490. The molecule has 1 aliphatic heterocycles. The molecule has 0 aromatic carbocycles. The third kappa shape index (κ3) is 7.09. The van der Waals surface area contributed by atoms with Gasteiger partial charge in [-0.2, -0.15) is 0 Å². The summed E-state index contributed by atoms with van der Waals surface area (Å²) in [6.07, 6.45) is 2.29. The zero-order valence-corrected chi connectivity index (χ0v) is 15.0. The molecule has 0 aromatic heterocycles. The monoisotopic (exact) mass is 300 g/mol. The molecule has 1 aliphatic rings. The Morgan fingerprint density at radius 2 is 1.86 bits per heavy atom. The molecule has 21 heavy (non-hydrogen) atoms. The molecule has 4 heteroatoms. The molecular weight excluding hydrogens is 264 g/mol. The Labute approximate surface area is 131 Å². The van der Waals surface area contributed by atoms with Crippen molar-refractivity contribution in [2.45, 2.75) is 59.0 Å². The summed E-state index contributed by atoms with van der Waals surface area (Å²) >= 11 is 0. The number of hydrogen-bond acceptors (Lipinski definition) is 4. The Morgan fingerprint density at radius 3 is 2.33 bits per heavy atom. The van der Waals surface area contributed by atoms with E-state index in [9.17, 15) is 0 Å². The minimum Gasteiger partial charge on any atom is -0.383 e. The van der Waals surface area contributed by atoms with Gasteiger partial charge in [-0.05, 0) is 52.9 Å². The van der Waals surface area contributed by atoms with Gasteiger partial charge in [0.25, 0.3) is 0 Å². The molecule has 0 aliphatic carbocycles. The zero-order chi connectivity index (χ0) is 15.9. The Hall–Kier alpha value is -0.160. The minimum absolute atomic E-state index is 0.167. The Morgan fingerprint density at radius 1 is 1.24 bits per heavy atom. The molecule has 1 heterocycles. The van der Waals surface area contributed by atoms with Crippen LogP contribution in [0.25, 0.3) is 0 Å². The lowest BCUT2D eigenvalue weighted by atomic mass is 9.78. The van der Waals surface area contributed by atoms with Crippen molar-refractivity contribution < 1.29 is 9.47 Å². The fourth-order valence-corrected chi connectivity index (χ4v) is 2.81.